The third-order valence-corrected chi connectivity index (χ3v) is 19.9. The summed E-state index contributed by atoms with van der Waals surface area (Å²) in [5.74, 6) is 0.115. The maximum absolute atomic E-state index is 3.01. The molecule has 0 radical (unpaired) electrons. The second kappa shape index (κ2) is 15.0. The van der Waals surface area contributed by atoms with Crippen LogP contribution >= 0.6 is 0 Å². The van der Waals surface area contributed by atoms with Gasteiger partial charge in [-0.15, -0.1) is 0 Å². The molecule has 3 aliphatic rings. The topological polar surface area (TPSA) is 4.93 Å². The summed E-state index contributed by atoms with van der Waals surface area (Å²) in [7, 11) is -3.01. The van der Waals surface area contributed by atoms with Crippen LogP contribution in [0.3, 0.4) is 0 Å². The van der Waals surface area contributed by atoms with E-state index in [1.54, 1.807) is 0 Å². The number of fused-ring (bicyclic) bond motifs is 3. The van der Waals surface area contributed by atoms with Gasteiger partial charge in [0, 0.05) is 22.6 Å². The molecule has 9 aromatic carbocycles. The molecule has 0 saturated carbocycles. The Hall–Kier alpha value is -7.00. The minimum Gasteiger partial charge on any atom is -0.309 e. The van der Waals surface area contributed by atoms with Crippen LogP contribution in [0.15, 0.2) is 212 Å². The van der Waals surface area contributed by atoms with Gasteiger partial charge in [0.05, 0.1) is 16.7 Å². The molecule has 10 aromatic rings. The summed E-state index contributed by atoms with van der Waals surface area (Å²) in [6.07, 6.45) is 0. The highest BCUT2D eigenvalue weighted by molar-refractivity contribution is 7.20. The largest absolute Gasteiger partial charge is 0.309 e. The summed E-state index contributed by atoms with van der Waals surface area (Å²) in [5, 5.41) is 8.30. The van der Waals surface area contributed by atoms with Gasteiger partial charge in [0.25, 0.3) is 0 Å². The fourth-order valence-electron chi connectivity index (χ4n) is 11.9. The molecule has 1 aromatic heterocycles. The van der Waals surface area contributed by atoms with Crippen molar-refractivity contribution in [3.8, 4) is 16.8 Å². The summed E-state index contributed by atoms with van der Waals surface area (Å²) in [5.41, 5.74) is 17.7. The minimum atomic E-state index is -3.01. The molecule has 2 atom stereocenters. The predicted molar refractivity (Wildman–Crippen MR) is 282 cm³/mol. The van der Waals surface area contributed by atoms with E-state index in [1.165, 1.54) is 104 Å². The molecule has 2 heteroatoms. The van der Waals surface area contributed by atoms with E-state index in [-0.39, 0.29) is 22.7 Å². The van der Waals surface area contributed by atoms with Gasteiger partial charge in [0.2, 0.25) is 0 Å². The molecule has 2 bridgehead atoms. The Morgan fingerprint density at radius 2 is 0.803 bits per heavy atom. The number of hydrogen-bond acceptors (Lipinski definition) is 0. The van der Waals surface area contributed by atoms with Crippen molar-refractivity contribution in [1.29, 1.82) is 0 Å². The van der Waals surface area contributed by atoms with Crippen LogP contribution in [0.2, 0.25) is 0 Å². The molecular weight excluding hydrogens is 811 g/mol. The predicted octanol–water partition coefficient (Wildman–Crippen LogP) is 13.4. The van der Waals surface area contributed by atoms with Crippen molar-refractivity contribution in [2.75, 3.05) is 0 Å². The van der Waals surface area contributed by atoms with E-state index in [1.807, 2.05) is 0 Å². The van der Waals surface area contributed by atoms with Gasteiger partial charge in [-0.3, -0.25) is 0 Å². The highest BCUT2D eigenvalue weighted by Gasteiger charge is 2.50. The maximum Gasteiger partial charge on any atom is 0.179 e. The van der Waals surface area contributed by atoms with Crippen molar-refractivity contribution in [3.05, 3.63) is 257 Å². The van der Waals surface area contributed by atoms with Gasteiger partial charge >= 0.3 is 0 Å². The smallest absolute Gasteiger partial charge is 0.179 e. The molecule has 2 unspecified atom stereocenters. The maximum atomic E-state index is 2.62. The zero-order chi connectivity index (χ0) is 45.0. The number of nitrogens with zero attached hydrogens (tertiary/aromatic N) is 1. The summed E-state index contributed by atoms with van der Waals surface area (Å²) in [6, 6.07) is 81.8. The Bertz CT molecular complexity index is 3360. The molecule has 0 amide bonds. The summed E-state index contributed by atoms with van der Waals surface area (Å²) in [6.45, 7) is 14.0. The lowest BCUT2D eigenvalue weighted by Crippen LogP contribution is -2.75. The van der Waals surface area contributed by atoms with E-state index >= 15 is 0 Å². The second-order valence-corrected chi connectivity index (χ2v) is 24.6. The normalized spacial score (nSPS) is 15.4. The fraction of sp³-hybridized carbons (Fsp3) is 0.156. The van der Waals surface area contributed by atoms with Crippen molar-refractivity contribution in [1.82, 2.24) is 4.57 Å². The van der Waals surface area contributed by atoms with Crippen molar-refractivity contribution >= 4 is 50.6 Å². The van der Waals surface area contributed by atoms with Crippen LogP contribution in [-0.4, -0.2) is 12.6 Å². The summed E-state index contributed by atoms with van der Waals surface area (Å²) >= 11 is 0. The van der Waals surface area contributed by atoms with Gasteiger partial charge in [-0.25, -0.2) is 0 Å². The minimum absolute atomic E-state index is 0.0155. The van der Waals surface area contributed by atoms with Crippen LogP contribution < -0.4 is 20.7 Å². The summed E-state index contributed by atoms with van der Waals surface area (Å²) < 4.78 is 2.62. The van der Waals surface area contributed by atoms with Gasteiger partial charge in [-0.2, -0.15) is 0 Å². The Morgan fingerprint density at radius 3 is 1.35 bits per heavy atom. The molecule has 0 aliphatic heterocycles. The van der Waals surface area contributed by atoms with E-state index in [2.05, 4.69) is 258 Å². The molecule has 0 fully saturated rings. The molecule has 0 N–H and O–H groups in total. The highest BCUT2D eigenvalue weighted by atomic mass is 28.3. The highest BCUT2D eigenvalue weighted by Crippen LogP contribution is 2.57. The van der Waals surface area contributed by atoms with Gasteiger partial charge in [0.15, 0.2) is 8.07 Å². The zero-order valence-electron chi connectivity index (χ0n) is 38.8. The Labute approximate surface area is 391 Å². The average Bonchev–Trinajstić information content (AvgIpc) is 3.67. The molecule has 66 heavy (non-hydrogen) atoms. The lowest BCUT2D eigenvalue weighted by Gasteiger charge is -2.47. The average molecular weight is 866 g/mol. The van der Waals surface area contributed by atoms with Gasteiger partial charge < -0.3 is 4.57 Å². The van der Waals surface area contributed by atoms with Crippen molar-refractivity contribution in [2.45, 2.75) is 64.2 Å². The molecule has 13 rings (SSSR count). The standard InChI is InChI=1S/C64H55NSi/c1-63(2,3)44-34-38-55-53(40-44)54-41-45(64(4,5)6)35-39-56(54)65(55)57-30-18-28-51-59-49-26-16-17-27-50(49)62(60(51)57)61-52(59)29-19-31-58(61)66(46-22-12-8-13-23-46,47-24-14-9-15-25-47)48-36-32-43(33-37-48)42-20-10-7-11-21-42/h7-41,59,62H,1-6H3. The van der Waals surface area contributed by atoms with Crippen LogP contribution in [0.5, 0.6) is 0 Å². The van der Waals surface area contributed by atoms with Crippen LogP contribution in [0.4, 0.5) is 0 Å². The van der Waals surface area contributed by atoms with Crippen LogP contribution in [0, 0.1) is 0 Å². The zero-order valence-corrected chi connectivity index (χ0v) is 39.8. The number of benzene rings is 9. The molecule has 320 valence electrons. The third kappa shape index (κ3) is 6.04. The molecule has 1 heterocycles. The molecule has 3 aliphatic carbocycles. The molecular formula is C64H55NSi. The quantitative estimate of drug-likeness (QED) is 0.116. The Balaban J connectivity index is 1.17. The monoisotopic (exact) mass is 865 g/mol. The Kier molecular flexibility index (Phi) is 9.22. The molecule has 1 nitrogen and oxygen atoms in total. The van der Waals surface area contributed by atoms with Crippen LogP contribution in [0.25, 0.3) is 38.6 Å². The first-order valence-electron chi connectivity index (χ1n) is 23.7. The van der Waals surface area contributed by atoms with Crippen molar-refractivity contribution in [2.24, 2.45) is 0 Å². The summed E-state index contributed by atoms with van der Waals surface area (Å²) in [4.78, 5) is 0. The number of hydrogen-bond donors (Lipinski definition) is 0. The van der Waals surface area contributed by atoms with E-state index < -0.39 is 8.07 Å². The van der Waals surface area contributed by atoms with E-state index in [9.17, 15) is 0 Å². The van der Waals surface area contributed by atoms with Gasteiger partial charge in [0.1, 0.15) is 0 Å². The lowest BCUT2D eigenvalue weighted by atomic mass is 9.60. The number of aromatic nitrogens is 1. The second-order valence-electron chi connectivity index (χ2n) is 20.8. The molecule has 0 saturated heterocycles. The van der Waals surface area contributed by atoms with Crippen molar-refractivity contribution in [3.63, 3.8) is 0 Å². The van der Waals surface area contributed by atoms with Crippen LogP contribution in [0.1, 0.15) is 97.9 Å². The first-order valence-corrected chi connectivity index (χ1v) is 25.7. The van der Waals surface area contributed by atoms with Crippen LogP contribution in [-0.2, 0) is 10.8 Å². The first kappa shape index (κ1) is 40.5. The van der Waals surface area contributed by atoms with Gasteiger partial charge in [-0.05, 0) is 118 Å². The van der Waals surface area contributed by atoms with E-state index in [0.717, 1.165) is 0 Å². The lowest BCUT2D eigenvalue weighted by molar-refractivity contribution is 0.590. The first-order chi connectivity index (χ1) is 32.0. The van der Waals surface area contributed by atoms with Crippen molar-refractivity contribution < 1.29 is 0 Å². The molecule has 0 spiro atoms. The van der Waals surface area contributed by atoms with E-state index in [0.29, 0.717) is 0 Å². The van der Waals surface area contributed by atoms with E-state index in [4.69, 9.17) is 0 Å². The SMILES string of the molecule is CC(C)(C)c1ccc2c(c1)c1cc(C(C)(C)C)ccc1n2-c1cccc2c1C1c3ccccc3C2c2cccc([Si](c3ccccc3)(c3ccccc3)c3ccc(-c4ccccc4)cc3)c21. The fourth-order valence-corrected chi connectivity index (χ4v) is 16.9. The Morgan fingerprint density at radius 1 is 0.364 bits per heavy atom. The third-order valence-electron chi connectivity index (χ3n) is 15.1. The van der Waals surface area contributed by atoms with Gasteiger partial charge in [-0.1, -0.05) is 224 Å². The number of rotatable bonds is 6.